The van der Waals surface area contributed by atoms with E-state index < -0.39 is 5.41 Å². The number of anilines is 2. The largest absolute Gasteiger partial charge is 0.376 e. The highest BCUT2D eigenvalue weighted by molar-refractivity contribution is 6.85. The zero-order valence-corrected chi connectivity index (χ0v) is 46.6. The van der Waals surface area contributed by atoms with E-state index in [2.05, 4.69) is 281 Å². The Morgan fingerprint density at radius 3 is 1.55 bits per heavy atom. The number of allylic oxidation sites excluding steroid dienone is 3. The fraction of sp³-hybridized carbons (Fsp3) is 0.268. The van der Waals surface area contributed by atoms with Crippen molar-refractivity contribution >= 4 is 78.4 Å². The van der Waals surface area contributed by atoms with Gasteiger partial charge in [-0.25, -0.2) is 0 Å². The van der Waals surface area contributed by atoms with Crippen LogP contribution in [0.15, 0.2) is 181 Å². The van der Waals surface area contributed by atoms with E-state index in [1.165, 1.54) is 133 Å². The van der Waals surface area contributed by atoms with Crippen LogP contribution < -0.4 is 10.4 Å². The third-order valence-electron chi connectivity index (χ3n) is 17.3. The number of aromatic nitrogens is 2. The number of para-hydroxylation sites is 1. The van der Waals surface area contributed by atoms with E-state index in [0.717, 1.165) is 0 Å². The molecule has 8 aromatic carbocycles. The smallest absolute Gasteiger partial charge is 0.329 e. The molecule has 0 atom stereocenters. The molecule has 3 aliphatic rings. The van der Waals surface area contributed by atoms with Crippen molar-refractivity contribution in [1.82, 2.24) is 9.05 Å². The quantitative estimate of drug-likeness (QED) is 0.160. The van der Waals surface area contributed by atoms with Crippen molar-refractivity contribution in [2.75, 3.05) is 4.90 Å². The van der Waals surface area contributed by atoms with Crippen molar-refractivity contribution in [1.29, 1.82) is 0 Å². The van der Waals surface area contributed by atoms with Crippen LogP contribution in [0, 0.1) is 5.41 Å². The van der Waals surface area contributed by atoms with Crippen molar-refractivity contribution in [2.45, 2.75) is 119 Å². The Bertz CT molecular complexity index is 4080. The van der Waals surface area contributed by atoms with Gasteiger partial charge in [0.25, 0.3) is 0 Å². The topological polar surface area (TPSA) is 13.1 Å². The van der Waals surface area contributed by atoms with Gasteiger partial charge in [0.15, 0.2) is 0 Å². The van der Waals surface area contributed by atoms with Gasteiger partial charge < -0.3 is 13.9 Å². The van der Waals surface area contributed by atoms with Gasteiger partial charge in [-0.15, -0.1) is 0 Å². The molecule has 1 aliphatic carbocycles. The van der Waals surface area contributed by atoms with Crippen LogP contribution >= 0.6 is 0 Å². The van der Waals surface area contributed by atoms with Gasteiger partial charge in [0.1, 0.15) is 0 Å². The van der Waals surface area contributed by atoms with Crippen LogP contribution in [0.3, 0.4) is 0 Å². The van der Waals surface area contributed by atoms with Crippen LogP contribution in [0.2, 0.25) is 0 Å². The highest BCUT2D eigenvalue weighted by Gasteiger charge is 2.55. The molecule has 0 unspecified atom stereocenters. The first-order chi connectivity index (χ1) is 35.5. The van der Waals surface area contributed by atoms with Gasteiger partial charge in [0.05, 0.1) is 11.0 Å². The highest BCUT2D eigenvalue weighted by atomic mass is 15.2. The summed E-state index contributed by atoms with van der Waals surface area (Å²) < 4.78 is 5.35. The van der Waals surface area contributed by atoms with Crippen LogP contribution in [0.25, 0.3) is 71.6 Å². The fourth-order valence-corrected chi connectivity index (χ4v) is 13.4. The van der Waals surface area contributed by atoms with Crippen molar-refractivity contribution < 1.29 is 0 Å². The molecule has 0 saturated carbocycles. The molecule has 2 aliphatic heterocycles. The Labute approximate surface area is 445 Å². The SMILES string of the molecule is CC1(C)C2=C(C(c3ccccc3)=C1c1ccccc1)N(c1ccc(C(C)(C)C)cc1)c1cc(C(C)(C)C)cc3c1B2n1c2ccc4c(c5cc(C(C)(C)C)ccc5n4-c4ccccc4)c2c2cc(C(C)(C)C)cc-3c21. The minimum Gasteiger partial charge on any atom is -0.376 e. The van der Waals surface area contributed by atoms with E-state index in [0.29, 0.717) is 0 Å². The second-order valence-corrected chi connectivity index (χ2v) is 26.7. The summed E-state index contributed by atoms with van der Waals surface area (Å²) in [6.07, 6.45) is 0. The van der Waals surface area contributed by atoms with E-state index in [4.69, 9.17) is 0 Å². The Balaban J connectivity index is 1.26. The molecule has 0 saturated heterocycles. The van der Waals surface area contributed by atoms with Crippen LogP contribution in [-0.4, -0.2) is 15.9 Å². The zero-order valence-electron chi connectivity index (χ0n) is 46.6. The molecular weight excluding hydrogens is 906 g/mol. The molecule has 0 N–H and O–H groups in total. The number of benzene rings is 8. The summed E-state index contributed by atoms with van der Waals surface area (Å²) in [4.78, 5) is 2.70. The first-order valence-corrected chi connectivity index (χ1v) is 27.4. The predicted molar refractivity (Wildman–Crippen MR) is 324 cm³/mol. The molecule has 0 fully saturated rings. The number of hydrogen-bond acceptors (Lipinski definition) is 1. The molecule has 3 nitrogen and oxygen atoms in total. The van der Waals surface area contributed by atoms with Gasteiger partial charge in [-0.1, -0.05) is 200 Å². The van der Waals surface area contributed by atoms with E-state index in [-0.39, 0.29) is 28.5 Å². The first kappa shape index (κ1) is 47.4. The third-order valence-corrected chi connectivity index (χ3v) is 17.3. The number of rotatable bonds is 4. The van der Waals surface area contributed by atoms with Crippen molar-refractivity contribution in [3.63, 3.8) is 0 Å². The highest BCUT2D eigenvalue weighted by Crippen LogP contribution is 2.62. The summed E-state index contributed by atoms with van der Waals surface area (Å²) in [5.41, 5.74) is 25.3. The Kier molecular flexibility index (Phi) is 10.0. The predicted octanol–water partition coefficient (Wildman–Crippen LogP) is 18.4. The number of fused-ring (bicyclic) bond motifs is 10. The van der Waals surface area contributed by atoms with Gasteiger partial charge in [-0.3, -0.25) is 0 Å². The lowest BCUT2D eigenvalue weighted by Crippen LogP contribution is -2.52. The van der Waals surface area contributed by atoms with Gasteiger partial charge in [-0.05, 0) is 144 Å². The second-order valence-electron chi connectivity index (χ2n) is 26.7. The monoisotopic (exact) mass is 976 g/mol. The molecule has 0 bridgehead atoms. The van der Waals surface area contributed by atoms with Gasteiger partial charge in [0.2, 0.25) is 0 Å². The van der Waals surface area contributed by atoms with E-state index >= 15 is 0 Å². The lowest BCUT2D eigenvalue weighted by molar-refractivity contribution is 0.589. The molecule has 0 radical (unpaired) electrons. The van der Waals surface area contributed by atoms with Gasteiger partial charge in [-0.2, -0.15) is 0 Å². The Hall–Kier alpha value is -7.30. The molecular formula is C71H70BN3. The molecule has 4 heteroatoms. The minimum absolute atomic E-state index is 0.00858. The van der Waals surface area contributed by atoms with E-state index in [1.54, 1.807) is 0 Å². The van der Waals surface area contributed by atoms with Gasteiger partial charge in [0, 0.05) is 71.9 Å². The van der Waals surface area contributed by atoms with E-state index in [1.807, 2.05) is 0 Å². The molecule has 10 aromatic rings. The standard InChI is InChI=1S/C71H70BN3/c1-67(2,3)45-30-33-50(34-31-45)74-58-42-48(70(10,11)12)39-51-52-40-47(69(7,8)9)41-54-61-57(37-36-56-60(61)53-38-46(68(4,5)6)32-35-55(53)73(56)49-28-22-17-23-29-49)75(64(52)54)72(63(51)58)66-65(74)59(43-24-18-15-19-25-43)62(71(66,13)14)44-26-20-16-21-27-44/h15-42H,1-14H3. The van der Waals surface area contributed by atoms with Gasteiger partial charge >= 0.3 is 6.85 Å². The summed E-state index contributed by atoms with van der Waals surface area (Å²) in [6, 6.07) is 65.7. The molecule has 4 heterocycles. The first-order valence-electron chi connectivity index (χ1n) is 27.4. The molecule has 2 aromatic heterocycles. The average Bonchev–Trinajstić information content (AvgIpc) is 4.10. The Morgan fingerprint density at radius 2 is 0.933 bits per heavy atom. The minimum atomic E-state index is -0.422. The molecule has 0 amide bonds. The molecule has 0 spiro atoms. The molecule has 75 heavy (non-hydrogen) atoms. The summed E-state index contributed by atoms with van der Waals surface area (Å²) >= 11 is 0. The lowest BCUT2D eigenvalue weighted by Gasteiger charge is -2.44. The summed E-state index contributed by atoms with van der Waals surface area (Å²) in [7, 11) is 0. The van der Waals surface area contributed by atoms with Crippen molar-refractivity contribution in [2.24, 2.45) is 5.41 Å². The Morgan fingerprint density at radius 1 is 0.427 bits per heavy atom. The van der Waals surface area contributed by atoms with Crippen LogP contribution in [0.5, 0.6) is 0 Å². The lowest BCUT2D eigenvalue weighted by atomic mass is 9.40. The maximum atomic E-state index is 2.83. The fourth-order valence-electron chi connectivity index (χ4n) is 13.4. The van der Waals surface area contributed by atoms with Crippen molar-refractivity contribution in [3.05, 3.63) is 214 Å². The third kappa shape index (κ3) is 6.93. The van der Waals surface area contributed by atoms with Crippen LogP contribution in [0.1, 0.15) is 130 Å². The zero-order chi connectivity index (χ0) is 52.5. The molecule has 372 valence electrons. The van der Waals surface area contributed by atoms with Crippen molar-refractivity contribution in [3.8, 4) is 16.8 Å². The molecule has 13 rings (SSSR count). The van der Waals surface area contributed by atoms with Crippen LogP contribution in [-0.2, 0) is 21.7 Å². The maximum absolute atomic E-state index is 2.83. The van der Waals surface area contributed by atoms with E-state index in [9.17, 15) is 0 Å². The number of nitrogens with zero attached hydrogens (tertiary/aromatic N) is 3. The maximum Gasteiger partial charge on any atom is 0.329 e. The summed E-state index contributed by atoms with van der Waals surface area (Å²) in [5, 5.41) is 5.29. The summed E-state index contributed by atoms with van der Waals surface area (Å²) in [6.45, 7) is 33.3. The second kappa shape index (κ2) is 15.9. The summed E-state index contributed by atoms with van der Waals surface area (Å²) in [5.74, 6) is 0. The average molecular weight is 976 g/mol. The normalized spacial score (nSPS) is 15.5. The number of hydrogen-bond donors (Lipinski definition) is 0. The van der Waals surface area contributed by atoms with Crippen LogP contribution in [0.4, 0.5) is 11.4 Å².